The fraction of sp³-hybridized carbons (Fsp3) is 0.389. The lowest BCUT2D eigenvalue weighted by Gasteiger charge is -2.39. The number of aromatic nitrogens is 2. The molecule has 1 saturated heterocycles. The van der Waals surface area contributed by atoms with Gasteiger partial charge in [0.05, 0.1) is 16.8 Å². The Bertz CT molecular complexity index is 801. The van der Waals surface area contributed by atoms with Crippen LogP contribution in [0.25, 0.3) is 0 Å². The Morgan fingerprint density at radius 2 is 2.00 bits per heavy atom. The number of nitriles is 1. The van der Waals surface area contributed by atoms with E-state index < -0.39 is 11.7 Å². The van der Waals surface area contributed by atoms with Crippen molar-refractivity contribution in [3.63, 3.8) is 0 Å². The quantitative estimate of drug-likeness (QED) is 0.838. The summed E-state index contributed by atoms with van der Waals surface area (Å²) in [5, 5.41) is 9.32. The molecule has 1 fully saturated rings. The molecule has 2 aromatic rings. The van der Waals surface area contributed by atoms with Crippen LogP contribution in [-0.2, 0) is 6.18 Å². The summed E-state index contributed by atoms with van der Waals surface area (Å²) in [6, 6.07) is 7.10. The SMILES string of the molecule is CN(c1ncccn1)C1CCCN(c2ccc(C(F)(F)F)cc2C#N)C1. The van der Waals surface area contributed by atoms with E-state index in [9.17, 15) is 18.4 Å². The lowest BCUT2D eigenvalue weighted by Crippen LogP contribution is -2.47. The van der Waals surface area contributed by atoms with Crippen LogP contribution >= 0.6 is 0 Å². The number of alkyl halides is 3. The van der Waals surface area contributed by atoms with Crippen molar-refractivity contribution in [2.75, 3.05) is 29.9 Å². The van der Waals surface area contributed by atoms with Crippen molar-refractivity contribution in [3.05, 3.63) is 47.8 Å². The van der Waals surface area contributed by atoms with Crippen LogP contribution in [-0.4, -0.2) is 36.1 Å². The van der Waals surface area contributed by atoms with Gasteiger partial charge in [-0.05, 0) is 37.1 Å². The van der Waals surface area contributed by atoms with Crippen LogP contribution in [0.1, 0.15) is 24.0 Å². The molecule has 1 aromatic heterocycles. The van der Waals surface area contributed by atoms with E-state index in [1.807, 2.05) is 22.9 Å². The molecule has 0 radical (unpaired) electrons. The van der Waals surface area contributed by atoms with E-state index in [0.29, 0.717) is 24.7 Å². The Labute approximate surface area is 149 Å². The van der Waals surface area contributed by atoms with Gasteiger partial charge < -0.3 is 9.80 Å². The fourth-order valence-electron chi connectivity index (χ4n) is 3.20. The molecule has 26 heavy (non-hydrogen) atoms. The molecule has 0 N–H and O–H groups in total. The topological polar surface area (TPSA) is 56.1 Å². The Morgan fingerprint density at radius 3 is 2.65 bits per heavy atom. The summed E-state index contributed by atoms with van der Waals surface area (Å²) >= 11 is 0. The van der Waals surface area contributed by atoms with Crippen LogP contribution < -0.4 is 9.80 Å². The zero-order valence-corrected chi connectivity index (χ0v) is 14.2. The number of halogens is 3. The number of rotatable bonds is 3. The summed E-state index contributed by atoms with van der Waals surface area (Å²) in [6.45, 7) is 1.29. The maximum atomic E-state index is 12.9. The molecule has 136 valence electrons. The summed E-state index contributed by atoms with van der Waals surface area (Å²) in [5.41, 5.74) is -0.229. The summed E-state index contributed by atoms with van der Waals surface area (Å²) in [6.07, 6.45) is 0.674. The van der Waals surface area contributed by atoms with Gasteiger partial charge in [-0.25, -0.2) is 9.97 Å². The number of anilines is 2. The second-order valence-electron chi connectivity index (χ2n) is 6.24. The average Bonchev–Trinajstić information content (AvgIpc) is 2.67. The molecule has 1 aliphatic rings. The highest BCUT2D eigenvalue weighted by Gasteiger charge is 2.32. The zero-order valence-electron chi connectivity index (χ0n) is 14.2. The van der Waals surface area contributed by atoms with E-state index in [0.717, 1.165) is 25.0 Å². The predicted molar refractivity (Wildman–Crippen MR) is 91.8 cm³/mol. The van der Waals surface area contributed by atoms with Gasteiger partial charge in [-0.15, -0.1) is 0 Å². The molecule has 0 aliphatic carbocycles. The molecule has 8 heteroatoms. The molecule has 1 unspecified atom stereocenters. The lowest BCUT2D eigenvalue weighted by atomic mass is 10.0. The van der Waals surface area contributed by atoms with Gasteiger partial charge in [0.15, 0.2) is 0 Å². The van der Waals surface area contributed by atoms with E-state index in [2.05, 4.69) is 9.97 Å². The Hall–Kier alpha value is -2.82. The molecule has 0 spiro atoms. The van der Waals surface area contributed by atoms with Gasteiger partial charge in [0.25, 0.3) is 0 Å². The summed E-state index contributed by atoms with van der Waals surface area (Å²) in [5.74, 6) is 0.604. The van der Waals surface area contributed by atoms with Crippen LogP contribution in [0, 0.1) is 11.3 Å². The largest absolute Gasteiger partial charge is 0.416 e. The Balaban J connectivity index is 1.83. The van der Waals surface area contributed by atoms with E-state index >= 15 is 0 Å². The van der Waals surface area contributed by atoms with Crippen LogP contribution in [0.2, 0.25) is 0 Å². The molecule has 3 rings (SSSR count). The van der Waals surface area contributed by atoms with E-state index in [1.54, 1.807) is 18.5 Å². The molecule has 5 nitrogen and oxygen atoms in total. The highest BCUT2D eigenvalue weighted by Crippen LogP contribution is 2.33. The molecule has 0 bridgehead atoms. The van der Waals surface area contributed by atoms with Gasteiger partial charge in [-0.1, -0.05) is 0 Å². The number of likely N-dealkylation sites (N-methyl/N-ethyl adjacent to an activating group) is 1. The molecule has 1 aliphatic heterocycles. The van der Waals surface area contributed by atoms with Gasteiger partial charge in [0.1, 0.15) is 6.07 Å². The van der Waals surface area contributed by atoms with Crippen molar-refractivity contribution in [1.82, 2.24) is 9.97 Å². The van der Waals surface area contributed by atoms with Crippen molar-refractivity contribution in [1.29, 1.82) is 5.26 Å². The first-order valence-corrected chi connectivity index (χ1v) is 8.26. The smallest absolute Gasteiger partial charge is 0.368 e. The summed E-state index contributed by atoms with van der Waals surface area (Å²) < 4.78 is 38.7. The minimum absolute atomic E-state index is 0.0408. The standard InChI is InChI=1S/C18H18F3N5/c1-25(17-23-7-3-8-24-17)15-4-2-9-26(12-15)16-6-5-14(18(19,20)21)10-13(16)11-22/h3,5-8,10,15H,2,4,9,12H2,1H3. The maximum Gasteiger partial charge on any atom is 0.416 e. The first-order chi connectivity index (χ1) is 12.4. The third kappa shape index (κ3) is 3.72. The Kier molecular flexibility index (Phi) is 4.98. The van der Waals surface area contributed by atoms with E-state index in [1.165, 1.54) is 6.07 Å². The molecule has 2 heterocycles. The highest BCUT2D eigenvalue weighted by molar-refractivity contribution is 5.61. The minimum atomic E-state index is -4.46. The number of piperidine rings is 1. The first-order valence-electron chi connectivity index (χ1n) is 8.26. The Morgan fingerprint density at radius 1 is 1.27 bits per heavy atom. The van der Waals surface area contributed by atoms with Crippen LogP contribution in [0.15, 0.2) is 36.7 Å². The number of hydrogen-bond acceptors (Lipinski definition) is 5. The van der Waals surface area contributed by atoms with E-state index in [-0.39, 0.29) is 11.6 Å². The molecule has 0 amide bonds. The minimum Gasteiger partial charge on any atom is -0.368 e. The number of hydrogen-bond donors (Lipinski definition) is 0. The van der Waals surface area contributed by atoms with Gasteiger partial charge >= 0.3 is 6.18 Å². The summed E-state index contributed by atoms with van der Waals surface area (Å²) in [4.78, 5) is 12.4. The fourth-order valence-corrected chi connectivity index (χ4v) is 3.20. The van der Waals surface area contributed by atoms with Crippen LogP contribution in [0.5, 0.6) is 0 Å². The zero-order chi connectivity index (χ0) is 18.7. The van der Waals surface area contributed by atoms with Gasteiger partial charge in [-0.2, -0.15) is 18.4 Å². The van der Waals surface area contributed by atoms with Crippen LogP contribution in [0.4, 0.5) is 24.8 Å². The normalized spacial score (nSPS) is 17.7. The molecule has 1 aromatic carbocycles. The third-order valence-electron chi connectivity index (χ3n) is 4.60. The first kappa shape index (κ1) is 18.0. The predicted octanol–water partition coefficient (Wildman–Crippen LogP) is 3.47. The summed E-state index contributed by atoms with van der Waals surface area (Å²) in [7, 11) is 1.90. The molecule has 0 saturated carbocycles. The van der Waals surface area contributed by atoms with Gasteiger partial charge in [-0.3, -0.25) is 0 Å². The second kappa shape index (κ2) is 7.20. The molecule has 1 atom stereocenters. The van der Waals surface area contributed by atoms with Crippen molar-refractivity contribution in [2.45, 2.75) is 25.1 Å². The number of benzene rings is 1. The van der Waals surface area contributed by atoms with Crippen molar-refractivity contribution in [3.8, 4) is 6.07 Å². The van der Waals surface area contributed by atoms with Crippen LogP contribution in [0.3, 0.4) is 0 Å². The van der Waals surface area contributed by atoms with Gasteiger partial charge in [0.2, 0.25) is 5.95 Å². The molecular weight excluding hydrogens is 343 g/mol. The third-order valence-corrected chi connectivity index (χ3v) is 4.60. The average molecular weight is 361 g/mol. The van der Waals surface area contributed by atoms with E-state index in [4.69, 9.17) is 0 Å². The molecular formula is C18H18F3N5. The lowest BCUT2D eigenvalue weighted by molar-refractivity contribution is -0.137. The monoisotopic (exact) mass is 361 g/mol. The van der Waals surface area contributed by atoms with Crippen molar-refractivity contribution in [2.24, 2.45) is 0 Å². The second-order valence-corrected chi connectivity index (χ2v) is 6.24. The number of nitrogens with zero attached hydrogens (tertiary/aromatic N) is 5. The highest BCUT2D eigenvalue weighted by atomic mass is 19.4. The maximum absolute atomic E-state index is 12.9. The van der Waals surface area contributed by atoms with Crippen molar-refractivity contribution >= 4 is 11.6 Å². The van der Waals surface area contributed by atoms with Crippen molar-refractivity contribution < 1.29 is 13.2 Å². The van der Waals surface area contributed by atoms with Gasteiger partial charge in [0, 0.05) is 38.6 Å².